The lowest BCUT2D eigenvalue weighted by molar-refractivity contribution is -0.114. The molecule has 0 spiro atoms. The number of nitrogens with two attached hydrogens (primary N) is 1. The van der Waals surface area contributed by atoms with E-state index < -0.39 is 0 Å². The minimum absolute atomic E-state index is 0.0308. The van der Waals surface area contributed by atoms with Crippen LogP contribution in [0.3, 0.4) is 0 Å². The van der Waals surface area contributed by atoms with Crippen molar-refractivity contribution < 1.29 is 9.59 Å². The molecular weight excluding hydrogens is 254 g/mol. The van der Waals surface area contributed by atoms with Gasteiger partial charge >= 0.3 is 0 Å². The first-order chi connectivity index (χ1) is 9.66. The maximum absolute atomic E-state index is 12.7. The van der Waals surface area contributed by atoms with E-state index in [1.54, 1.807) is 30.3 Å². The van der Waals surface area contributed by atoms with E-state index in [9.17, 15) is 9.59 Å². The minimum Gasteiger partial charge on any atom is -0.398 e. The second-order valence-electron chi connectivity index (χ2n) is 4.54. The van der Waals surface area contributed by atoms with Gasteiger partial charge in [0.1, 0.15) is 6.54 Å². The number of para-hydroxylation sites is 1. The molecule has 0 unspecified atom stereocenters. The Morgan fingerprint density at radius 1 is 1.00 bits per heavy atom. The molecule has 2 aromatic rings. The first kappa shape index (κ1) is 12.2. The Hall–Kier alpha value is -2.82. The van der Waals surface area contributed by atoms with E-state index in [2.05, 4.69) is 5.32 Å². The summed E-state index contributed by atoms with van der Waals surface area (Å²) in [5.74, 6) is -0.519. The van der Waals surface area contributed by atoms with Crippen LogP contribution < -0.4 is 16.0 Å². The van der Waals surface area contributed by atoms with Gasteiger partial charge < -0.3 is 11.1 Å². The number of fused-ring (bicyclic) bond motifs is 1. The van der Waals surface area contributed by atoms with Gasteiger partial charge in [-0.2, -0.15) is 0 Å². The first-order valence-electron chi connectivity index (χ1n) is 6.22. The molecule has 2 aromatic carbocycles. The number of anilines is 3. The van der Waals surface area contributed by atoms with Gasteiger partial charge in [-0.25, -0.2) is 0 Å². The fourth-order valence-corrected chi connectivity index (χ4v) is 2.27. The predicted molar refractivity (Wildman–Crippen MR) is 77.6 cm³/mol. The highest BCUT2D eigenvalue weighted by atomic mass is 16.2. The van der Waals surface area contributed by atoms with Crippen LogP contribution in [0.1, 0.15) is 10.4 Å². The molecule has 5 heteroatoms. The summed E-state index contributed by atoms with van der Waals surface area (Å²) in [6, 6.07) is 14.1. The number of hydrogen-bond acceptors (Lipinski definition) is 3. The van der Waals surface area contributed by atoms with Gasteiger partial charge in [0.15, 0.2) is 0 Å². The summed E-state index contributed by atoms with van der Waals surface area (Å²) in [5.41, 5.74) is 7.71. The number of rotatable bonds is 1. The Labute approximate surface area is 116 Å². The molecule has 0 aromatic heterocycles. The Kier molecular flexibility index (Phi) is 2.87. The van der Waals surface area contributed by atoms with Crippen LogP contribution in [0.5, 0.6) is 0 Å². The molecule has 0 saturated carbocycles. The van der Waals surface area contributed by atoms with Gasteiger partial charge in [-0.05, 0) is 24.3 Å². The van der Waals surface area contributed by atoms with Crippen molar-refractivity contribution in [2.24, 2.45) is 0 Å². The number of carbonyl (C=O) groups is 2. The highest BCUT2D eigenvalue weighted by Crippen LogP contribution is 2.28. The van der Waals surface area contributed by atoms with Crippen LogP contribution in [0.15, 0.2) is 48.5 Å². The van der Waals surface area contributed by atoms with Crippen molar-refractivity contribution in [1.29, 1.82) is 0 Å². The monoisotopic (exact) mass is 267 g/mol. The van der Waals surface area contributed by atoms with Crippen LogP contribution in [0.2, 0.25) is 0 Å². The van der Waals surface area contributed by atoms with E-state index in [1.807, 2.05) is 18.2 Å². The normalized spacial score (nSPS) is 14.5. The van der Waals surface area contributed by atoms with E-state index in [4.69, 9.17) is 5.73 Å². The van der Waals surface area contributed by atoms with E-state index >= 15 is 0 Å². The Morgan fingerprint density at radius 2 is 1.75 bits per heavy atom. The zero-order valence-electron chi connectivity index (χ0n) is 10.7. The molecule has 3 rings (SSSR count). The topological polar surface area (TPSA) is 75.4 Å². The molecule has 0 aliphatic carbocycles. The lowest BCUT2D eigenvalue weighted by atomic mass is 10.1. The molecule has 3 N–H and O–H groups in total. The highest BCUT2D eigenvalue weighted by molar-refractivity contribution is 6.19. The van der Waals surface area contributed by atoms with Gasteiger partial charge in [-0.15, -0.1) is 0 Å². The second-order valence-corrected chi connectivity index (χ2v) is 4.54. The SMILES string of the molecule is Nc1cccc2c1C(=O)N(c1ccccc1)CC(=O)N2. The van der Waals surface area contributed by atoms with Crippen molar-refractivity contribution in [3.05, 3.63) is 54.1 Å². The molecule has 0 bridgehead atoms. The van der Waals surface area contributed by atoms with Gasteiger partial charge in [-0.3, -0.25) is 14.5 Å². The van der Waals surface area contributed by atoms with Gasteiger partial charge in [0.2, 0.25) is 5.91 Å². The molecule has 1 heterocycles. The molecule has 5 nitrogen and oxygen atoms in total. The van der Waals surface area contributed by atoms with Crippen LogP contribution in [0.4, 0.5) is 17.1 Å². The molecule has 100 valence electrons. The molecule has 20 heavy (non-hydrogen) atoms. The third-order valence-corrected chi connectivity index (χ3v) is 3.20. The summed E-state index contributed by atoms with van der Waals surface area (Å²) in [6.07, 6.45) is 0. The van der Waals surface area contributed by atoms with Crippen molar-refractivity contribution >= 4 is 28.9 Å². The number of hydrogen-bond donors (Lipinski definition) is 2. The van der Waals surface area contributed by atoms with E-state index in [1.165, 1.54) is 4.90 Å². The van der Waals surface area contributed by atoms with Crippen molar-refractivity contribution in [3.8, 4) is 0 Å². The molecule has 0 saturated heterocycles. The van der Waals surface area contributed by atoms with Gasteiger partial charge in [0.25, 0.3) is 5.91 Å². The quantitative estimate of drug-likeness (QED) is 0.774. The third kappa shape index (κ3) is 1.99. The van der Waals surface area contributed by atoms with E-state index in [-0.39, 0.29) is 18.4 Å². The van der Waals surface area contributed by atoms with Crippen LogP contribution in [0.25, 0.3) is 0 Å². The van der Waals surface area contributed by atoms with Crippen molar-refractivity contribution in [2.45, 2.75) is 0 Å². The fraction of sp³-hybridized carbons (Fsp3) is 0.0667. The average Bonchev–Trinajstić information content (AvgIpc) is 2.57. The lowest BCUT2D eigenvalue weighted by Gasteiger charge is -2.20. The molecule has 0 atom stereocenters. The molecule has 1 aliphatic heterocycles. The molecule has 1 aliphatic rings. The molecule has 0 fully saturated rings. The van der Waals surface area contributed by atoms with Crippen LogP contribution in [0, 0.1) is 0 Å². The maximum Gasteiger partial charge on any atom is 0.262 e. The number of nitrogens with zero attached hydrogens (tertiary/aromatic N) is 1. The summed E-state index contributed by atoms with van der Waals surface area (Å²) in [7, 11) is 0. The second kappa shape index (κ2) is 4.70. The summed E-state index contributed by atoms with van der Waals surface area (Å²) < 4.78 is 0. The highest BCUT2D eigenvalue weighted by Gasteiger charge is 2.28. The average molecular weight is 267 g/mol. The summed E-state index contributed by atoms with van der Waals surface area (Å²) >= 11 is 0. The largest absolute Gasteiger partial charge is 0.398 e. The van der Waals surface area contributed by atoms with Crippen LogP contribution in [-0.2, 0) is 4.79 Å². The Morgan fingerprint density at radius 3 is 2.50 bits per heavy atom. The fourth-order valence-electron chi connectivity index (χ4n) is 2.27. The number of benzene rings is 2. The van der Waals surface area contributed by atoms with E-state index in [0.29, 0.717) is 22.6 Å². The van der Waals surface area contributed by atoms with Crippen molar-refractivity contribution in [3.63, 3.8) is 0 Å². The lowest BCUT2D eigenvalue weighted by Crippen LogP contribution is -2.35. The summed E-state index contributed by atoms with van der Waals surface area (Å²) in [4.78, 5) is 26.0. The third-order valence-electron chi connectivity index (χ3n) is 3.20. The van der Waals surface area contributed by atoms with Crippen LogP contribution >= 0.6 is 0 Å². The minimum atomic E-state index is -0.275. The smallest absolute Gasteiger partial charge is 0.262 e. The molecule has 0 radical (unpaired) electrons. The molecule has 2 amide bonds. The number of nitrogens with one attached hydrogen (secondary N) is 1. The summed E-state index contributed by atoms with van der Waals surface area (Å²) in [5, 5.41) is 2.71. The van der Waals surface area contributed by atoms with Crippen molar-refractivity contribution in [2.75, 3.05) is 22.5 Å². The van der Waals surface area contributed by atoms with Crippen molar-refractivity contribution in [1.82, 2.24) is 0 Å². The van der Waals surface area contributed by atoms with Gasteiger partial charge in [0.05, 0.1) is 11.3 Å². The summed E-state index contributed by atoms with van der Waals surface area (Å²) in [6.45, 7) is -0.0308. The maximum atomic E-state index is 12.7. The Balaban J connectivity index is 2.13. The van der Waals surface area contributed by atoms with Gasteiger partial charge in [0, 0.05) is 11.4 Å². The number of amides is 2. The van der Waals surface area contributed by atoms with E-state index in [0.717, 1.165) is 0 Å². The Bertz CT molecular complexity index is 683. The number of nitrogen functional groups attached to an aromatic ring is 1. The van der Waals surface area contributed by atoms with Crippen LogP contribution in [-0.4, -0.2) is 18.4 Å². The zero-order chi connectivity index (χ0) is 14.1. The number of carbonyl (C=O) groups excluding carboxylic acids is 2. The standard InChI is InChI=1S/C15H13N3O2/c16-11-7-4-8-12-14(11)15(20)18(9-13(19)17-12)10-5-2-1-3-6-10/h1-8H,9,16H2,(H,17,19). The zero-order valence-corrected chi connectivity index (χ0v) is 10.7. The van der Waals surface area contributed by atoms with Gasteiger partial charge in [-0.1, -0.05) is 24.3 Å². The predicted octanol–water partition coefficient (Wildman–Crippen LogP) is 1.87. The first-order valence-corrected chi connectivity index (χ1v) is 6.22. The molecular formula is C15H13N3O2.